The van der Waals surface area contributed by atoms with Crippen LogP contribution in [0, 0.1) is 0 Å². The fourth-order valence-corrected chi connectivity index (χ4v) is 3.01. The number of amides is 2. The van der Waals surface area contributed by atoms with E-state index in [1.165, 1.54) is 0 Å². The number of carbonyl (C=O) groups excluding carboxylic acids is 2. The minimum Gasteiger partial charge on any atom is -0.368 e. The number of benzene rings is 1. The summed E-state index contributed by atoms with van der Waals surface area (Å²) in [6.45, 7) is 5.43. The lowest BCUT2D eigenvalue weighted by atomic mass is 10.2. The van der Waals surface area contributed by atoms with Crippen molar-refractivity contribution in [1.29, 1.82) is 0 Å². The molecule has 1 fully saturated rings. The standard InChI is InChI=1S/C19H22N4O2/c1-2-23(16-6-4-3-5-7-16)19(25)18-14-17(8-9-20-18)22-12-10-21(15-24)11-13-22/h3-9,14-15H,2,10-13H2,1H3. The van der Waals surface area contributed by atoms with Gasteiger partial charge in [-0.15, -0.1) is 0 Å². The van der Waals surface area contributed by atoms with E-state index in [-0.39, 0.29) is 5.91 Å². The zero-order valence-corrected chi connectivity index (χ0v) is 14.3. The molecule has 0 spiro atoms. The van der Waals surface area contributed by atoms with E-state index in [0.717, 1.165) is 30.9 Å². The molecule has 0 unspecified atom stereocenters. The lowest BCUT2D eigenvalue weighted by Gasteiger charge is -2.34. The Balaban J connectivity index is 1.79. The number of para-hydroxylation sites is 1. The first-order valence-corrected chi connectivity index (χ1v) is 8.50. The predicted molar refractivity (Wildman–Crippen MR) is 97.9 cm³/mol. The van der Waals surface area contributed by atoms with Crippen LogP contribution in [0.3, 0.4) is 0 Å². The van der Waals surface area contributed by atoms with Crippen molar-refractivity contribution in [2.75, 3.05) is 42.5 Å². The molecule has 1 aromatic carbocycles. The van der Waals surface area contributed by atoms with Gasteiger partial charge in [0.05, 0.1) is 0 Å². The van der Waals surface area contributed by atoms with Crippen LogP contribution in [0.4, 0.5) is 11.4 Å². The maximum atomic E-state index is 12.9. The molecule has 0 saturated carbocycles. The Hall–Kier alpha value is -2.89. The van der Waals surface area contributed by atoms with E-state index in [2.05, 4.69) is 9.88 Å². The molecule has 0 N–H and O–H groups in total. The highest BCUT2D eigenvalue weighted by molar-refractivity contribution is 6.05. The first-order chi connectivity index (χ1) is 12.2. The van der Waals surface area contributed by atoms with E-state index >= 15 is 0 Å². The van der Waals surface area contributed by atoms with E-state index in [4.69, 9.17) is 0 Å². The van der Waals surface area contributed by atoms with Crippen molar-refractivity contribution in [3.63, 3.8) is 0 Å². The SMILES string of the molecule is CCN(C(=O)c1cc(N2CCN(C=O)CC2)ccn1)c1ccccc1. The number of piperazine rings is 1. The van der Waals surface area contributed by atoms with E-state index in [1.807, 2.05) is 49.4 Å². The fraction of sp³-hybridized carbons (Fsp3) is 0.316. The summed E-state index contributed by atoms with van der Waals surface area (Å²) in [5.41, 5.74) is 2.26. The van der Waals surface area contributed by atoms with Gasteiger partial charge in [-0.05, 0) is 31.2 Å². The lowest BCUT2D eigenvalue weighted by molar-refractivity contribution is -0.118. The van der Waals surface area contributed by atoms with Crippen molar-refractivity contribution in [1.82, 2.24) is 9.88 Å². The van der Waals surface area contributed by atoms with Crippen LogP contribution in [0.1, 0.15) is 17.4 Å². The second-order valence-electron chi connectivity index (χ2n) is 5.91. The van der Waals surface area contributed by atoms with E-state index in [1.54, 1.807) is 16.0 Å². The van der Waals surface area contributed by atoms with Crippen LogP contribution >= 0.6 is 0 Å². The smallest absolute Gasteiger partial charge is 0.276 e. The Morgan fingerprint density at radius 2 is 1.88 bits per heavy atom. The molecule has 25 heavy (non-hydrogen) atoms. The summed E-state index contributed by atoms with van der Waals surface area (Å²) in [5, 5.41) is 0. The van der Waals surface area contributed by atoms with Gasteiger partial charge in [0.2, 0.25) is 6.41 Å². The quantitative estimate of drug-likeness (QED) is 0.783. The number of hydrogen-bond donors (Lipinski definition) is 0. The van der Waals surface area contributed by atoms with Crippen LogP contribution in [0.25, 0.3) is 0 Å². The first kappa shape index (κ1) is 17.0. The summed E-state index contributed by atoms with van der Waals surface area (Å²) < 4.78 is 0. The van der Waals surface area contributed by atoms with Gasteiger partial charge in [-0.25, -0.2) is 0 Å². The summed E-state index contributed by atoms with van der Waals surface area (Å²) in [5.74, 6) is -0.109. The molecule has 0 bridgehead atoms. The largest absolute Gasteiger partial charge is 0.368 e. The van der Waals surface area contributed by atoms with Crippen LogP contribution in [0.5, 0.6) is 0 Å². The van der Waals surface area contributed by atoms with Gasteiger partial charge in [-0.2, -0.15) is 0 Å². The van der Waals surface area contributed by atoms with Gasteiger partial charge in [-0.1, -0.05) is 18.2 Å². The summed E-state index contributed by atoms with van der Waals surface area (Å²) in [7, 11) is 0. The van der Waals surface area contributed by atoms with Gasteiger partial charge in [0.25, 0.3) is 5.91 Å². The van der Waals surface area contributed by atoms with Crippen molar-refractivity contribution in [2.24, 2.45) is 0 Å². The van der Waals surface area contributed by atoms with E-state index in [9.17, 15) is 9.59 Å². The molecule has 6 nitrogen and oxygen atoms in total. The Bertz CT molecular complexity index is 727. The summed E-state index contributed by atoms with van der Waals surface area (Å²) >= 11 is 0. The maximum absolute atomic E-state index is 12.9. The molecule has 6 heteroatoms. The Labute approximate surface area is 147 Å². The van der Waals surface area contributed by atoms with E-state index in [0.29, 0.717) is 25.3 Å². The second-order valence-corrected chi connectivity index (χ2v) is 5.91. The molecule has 130 valence electrons. The first-order valence-electron chi connectivity index (χ1n) is 8.50. The molecule has 1 saturated heterocycles. The van der Waals surface area contributed by atoms with Crippen LogP contribution in [-0.4, -0.2) is 54.9 Å². The monoisotopic (exact) mass is 338 g/mol. The summed E-state index contributed by atoms with van der Waals surface area (Å²) in [4.78, 5) is 33.7. The van der Waals surface area contributed by atoms with Gasteiger partial charge in [0.15, 0.2) is 0 Å². The maximum Gasteiger partial charge on any atom is 0.276 e. The molecule has 2 heterocycles. The van der Waals surface area contributed by atoms with Crippen molar-refractivity contribution >= 4 is 23.7 Å². The molecule has 1 aliphatic heterocycles. The van der Waals surface area contributed by atoms with Crippen molar-refractivity contribution in [3.8, 4) is 0 Å². The molecule has 2 aromatic rings. The molecule has 0 radical (unpaired) electrons. The number of nitrogens with zero attached hydrogens (tertiary/aromatic N) is 4. The van der Waals surface area contributed by atoms with Gasteiger partial charge < -0.3 is 14.7 Å². The number of hydrogen-bond acceptors (Lipinski definition) is 4. The van der Waals surface area contributed by atoms with Crippen molar-refractivity contribution in [3.05, 3.63) is 54.4 Å². The highest BCUT2D eigenvalue weighted by Gasteiger charge is 2.20. The average molecular weight is 338 g/mol. The van der Waals surface area contributed by atoms with Gasteiger partial charge in [0, 0.05) is 50.3 Å². The molecular weight excluding hydrogens is 316 g/mol. The number of rotatable bonds is 5. The molecule has 1 aromatic heterocycles. The predicted octanol–water partition coefficient (Wildman–Crippen LogP) is 2.03. The third kappa shape index (κ3) is 3.79. The highest BCUT2D eigenvalue weighted by Crippen LogP contribution is 2.20. The minimum absolute atomic E-state index is 0.109. The number of pyridine rings is 1. The van der Waals surface area contributed by atoms with E-state index < -0.39 is 0 Å². The Morgan fingerprint density at radius 1 is 1.16 bits per heavy atom. The van der Waals surface area contributed by atoms with Crippen molar-refractivity contribution < 1.29 is 9.59 Å². The molecule has 0 aliphatic carbocycles. The van der Waals surface area contributed by atoms with Crippen LogP contribution < -0.4 is 9.80 Å². The Morgan fingerprint density at radius 3 is 2.52 bits per heavy atom. The third-order valence-electron chi connectivity index (χ3n) is 4.42. The van der Waals surface area contributed by atoms with Crippen molar-refractivity contribution in [2.45, 2.75) is 6.92 Å². The normalized spacial score (nSPS) is 14.3. The zero-order chi connectivity index (χ0) is 17.6. The summed E-state index contributed by atoms with van der Waals surface area (Å²) in [6, 6.07) is 13.4. The third-order valence-corrected chi connectivity index (χ3v) is 4.42. The molecule has 0 atom stereocenters. The highest BCUT2D eigenvalue weighted by atomic mass is 16.2. The Kier molecular flexibility index (Phi) is 5.28. The zero-order valence-electron chi connectivity index (χ0n) is 14.3. The lowest BCUT2D eigenvalue weighted by Crippen LogP contribution is -2.45. The number of aromatic nitrogens is 1. The van der Waals surface area contributed by atoms with Crippen LogP contribution in [0.15, 0.2) is 48.7 Å². The molecule has 2 amide bonds. The van der Waals surface area contributed by atoms with Gasteiger partial charge in [0.1, 0.15) is 5.69 Å². The molecule has 3 rings (SSSR count). The number of carbonyl (C=O) groups is 2. The minimum atomic E-state index is -0.109. The van der Waals surface area contributed by atoms with Crippen LogP contribution in [0.2, 0.25) is 0 Å². The molecular formula is C19H22N4O2. The summed E-state index contributed by atoms with van der Waals surface area (Å²) in [6.07, 6.45) is 2.56. The van der Waals surface area contributed by atoms with Gasteiger partial charge >= 0.3 is 0 Å². The second kappa shape index (κ2) is 7.79. The molecule has 1 aliphatic rings. The van der Waals surface area contributed by atoms with Gasteiger partial charge in [-0.3, -0.25) is 14.6 Å². The average Bonchev–Trinajstić information content (AvgIpc) is 2.69. The topological polar surface area (TPSA) is 56.8 Å². The fourth-order valence-electron chi connectivity index (χ4n) is 3.01. The number of anilines is 2. The van der Waals surface area contributed by atoms with Crippen LogP contribution in [-0.2, 0) is 4.79 Å².